The fraction of sp³-hybridized carbons (Fsp3) is 0.0588. The fourth-order valence-corrected chi connectivity index (χ4v) is 3.30. The maximum Gasteiger partial charge on any atom is 0.331 e. The summed E-state index contributed by atoms with van der Waals surface area (Å²) in [6, 6.07) is 7.30. The molecule has 25 heavy (non-hydrogen) atoms. The van der Waals surface area contributed by atoms with Gasteiger partial charge in [-0.25, -0.2) is 14.8 Å². The van der Waals surface area contributed by atoms with Crippen LogP contribution >= 0.6 is 11.3 Å². The van der Waals surface area contributed by atoms with Crippen molar-refractivity contribution in [3.05, 3.63) is 72.7 Å². The van der Waals surface area contributed by atoms with Gasteiger partial charge in [0, 0.05) is 28.4 Å². The topological polar surface area (TPSA) is 100 Å². The Morgan fingerprint density at radius 1 is 1.28 bits per heavy atom. The van der Waals surface area contributed by atoms with Gasteiger partial charge in [-0.2, -0.15) is 0 Å². The van der Waals surface area contributed by atoms with Crippen molar-refractivity contribution in [2.24, 2.45) is 4.99 Å². The third-order valence-corrected chi connectivity index (χ3v) is 4.69. The van der Waals surface area contributed by atoms with E-state index in [1.54, 1.807) is 18.5 Å². The van der Waals surface area contributed by atoms with Crippen molar-refractivity contribution in [1.29, 1.82) is 0 Å². The van der Waals surface area contributed by atoms with Crippen LogP contribution in [-0.2, 0) is 6.54 Å². The van der Waals surface area contributed by atoms with E-state index in [0.717, 1.165) is 15.0 Å². The Morgan fingerprint density at radius 2 is 2.16 bits per heavy atom. The third-order valence-electron chi connectivity index (χ3n) is 3.82. The van der Waals surface area contributed by atoms with Crippen molar-refractivity contribution >= 4 is 35.0 Å². The summed E-state index contributed by atoms with van der Waals surface area (Å²) in [7, 11) is 0. The molecule has 0 aromatic carbocycles. The lowest BCUT2D eigenvalue weighted by atomic mass is 10.1. The highest BCUT2D eigenvalue weighted by atomic mass is 32.1. The first-order valence-electron chi connectivity index (χ1n) is 7.43. The van der Waals surface area contributed by atoms with Crippen molar-refractivity contribution in [1.82, 2.24) is 14.5 Å². The predicted octanol–water partition coefficient (Wildman–Crippen LogP) is 2.00. The zero-order valence-corrected chi connectivity index (χ0v) is 13.7. The second kappa shape index (κ2) is 5.99. The summed E-state index contributed by atoms with van der Waals surface area (Å²) in [5.41, 5.74) is 0.111. The third kappa shape index (κ3) is 2.72. The van der Waals surface area contributed by atoms with Crippen molar-refractivity contribution in [3.8, 4) is 5.88 Å². The highest BCUT2D eigenvalue weighted by Crippen LogP contribution is 2.30. The Kier molecular flexibility index (Phi) is 3.66. The first-order chi connectivity index (χ1) is 12.1. The lowest BCUT2D eigenvalue weighted by Gasteiger charge is -2.09. The average Bonchev–Trinajstić information content (AvgIpc) is 3.25. The Morgan fingerprint density at radius 3 is 2.96 bits per heavy atom. The van der Waals surface area contributed by atoms with Gasteiger partial charge in [0.15, 0.2) is 5.82 Å². The number of H-pyrrole nitrogens is 1. The molecule has 0 atom stereocenters. The van der Waals surface area contributed by atoms with Crippen molar-refractivity contribution in [2.45, 2.75) is 6.54 Å². The summed E-state index contributed by atoms with van der Waals surface area (Å²) < 4.78 is 1.13. The van der Waals surface area contributed by atoms with Crippen LogP contribution in [-0.4, -0.2) is 25.9 Å². The Bertz CT molecular complexity index is 1120. The minimum absolute atomic E-state index is 0.00862. The Labute approximate surface area is 145 Å². The van der Waals surface area contributed by atoms with Crippen LogP contribution in [0.5, 0.6) is 5.88 Å². The summed E-state index contributed by atoms with van der Waals surface area (Å²) >= 11 is 1.46. The number of nitrogens with one attached hydrogen (secondary N) is 1. The molecule has 0 fully saturated rings. The monoisotopic (exact) mass is 352 g/mol. The zero-order valence-electron chi connectivity index (χ0n) is 12.8. The second-order valence-electron chi connectivity index (χ2n) is 5.39. The molecule has 0 unspecified atom stereocenters. The van der Waals surface area contributed by atoms with E-state index < -0.39 is 11.2 Å². The van der Waals surface area contributed by atoms with Crippen LogP contribution < -0.4 is 11.2 Å². The molecule has 1 aliphatic heterocycles. The van der Waals surface area contributed by atoms with Gasteiger partial charge in [-0.1, -0.05) is 6.07 Å². The molecule has 4 rings (SSSR count). The molecule has 0 bridgehead atoms. The van der Waals surface area contributed by atoms with Gasteiger partial charge in [0.25, 0.3) is 5.56 Å². The van der Waals surface area contributed by atoms with E-state index in [2.05, 4.69) is 15.0 Å². The maximum absolute atomic E-state index is 12.2. The fourth-order valence-electron chi connectivity index (χ4n) is 2.61. The number of fused-ring (bicyclic) bond motifs is 1. The molecule has 4 heterocycles. The van der Waals surface area contributed by atoms with Gasteiger partial charge in [0.05, 0.1) is 6.54 Å². The molecule has 1 aliphatic rings. The molecule has 3 aromatic rings. The number of aromatic hydroxyl groups is 1. The van der Waals surface area contributed by atoms with Gasteiger partial charge < -0.3 is 5.11 Å². The molecule has 0 saturated heterocycles. The molecular formula is C17H12N4O3S. The van der Waals surface area contributed by atoms with Gasteiger partial charge in [-0.3, -0.25) is 14.3 Å². The number of pyridine rings is 1. The molecule has 0 amide bonds. The standard InChI is InChI=1S/C17H12N4O3S/c22-15-13(7-10-8-19-14-12(10)4-1-5-18-14)16(23)21(17(24)20-15)9-11-3-2-6-25-11/h1-8,23H,9H2,(H,20,22,24)/b10-7-. The van der Waals surface area contributed by atoms with Crippen LogP contribution in [0.2, 0.25) is 0 Å². The zero-order chi connectivity index (χ0) is 17.4. The van der Waals surface area contributed by atoms with E-state index in [-0.39, 0.29) is 18.0 Å². The number of aliphatic imine (C=N–C) groups is 1. The molecule has 2 N–H and O–H groups in total. The van der Waals surface area contributed by atoms with Gasteiger partial charge in [-0.05, 0) is 29.7 Å². The average molecular weight is 352 g/mol. The summed E-state index contributed by atoms with van der Waals surface area (Å²) in [5.74, 6) is 0.178. The molecule has 0 radical (unpaired) electrons. The van der Waals surface area contributed by atoms with Crippen molar-refractivity contribution in [2.75, 3.05) is 0 Å². The van der Waals surface area contributed by atoms with Gasteiger partial charge >= 0.3 is 5.69 Å². The van der Waals surface area contributed by atoms with Gasteiger partial charge in [0.1, 0.15) is 5.56 Å². The minimum atomic E-state index is -0.653. The summed E-state index contributed by atoms with van der Waals surface area (Å²) in [4.78, 5) is 35.7. The van der Waals surface area contributed by atoms with Crippen LogP contribution in [0.25, 0.3) is 11.6 Å². The minimum Gasteiger partial charge on any atom is -0.494 e. The smallest absolute Gasteiger partial charge is 0.331 e. The van der Waals surface area contributed by atoms with Crippen LogP contribution in [0.15, 0.2) is 50.4 Å². The van der Waals surface area contributed by atoms with E-state index in [1.165, 1.54) is 17.4 Å². The van der Waals surface area contributed by atoms with Crippen molar-refractivity contribution in [3.63, 3.8) is 0 Å². The van der Waals surface area contributed by atoms with E-state index in [1.807, 2.05) is 23.6 Å². The van der Waals surface area contributed by atoms with Crippen LogP contribution in [0.3, 0.4) is 0 Å². The Hall–Kier alpha value is -3.26. The summed E-state index contributed by atoms with van der Waals surface area (Å²) in [6.45, 7) is 0.182. The highest BCUT2D eigenvalue weighted by molar-refractivity contribution is 7.09. The molecular weight excluding hydrogens is 340 g/mol. The Balaban J connectivity index is 1.84. The number of hydrogen-bond donors (Lipinski definition) is 2. The van der Waals surface area contributed by atoms with Crippen molar-refractivity contribution < 1.29 is 5.11 Å². The van der Waals surface area contributed by atoms with E-state index in [4.69, 9.17) is 0 Å². The summed E-state index contributed by atoms with van der Waals surface area (Å²) in [6.07, 6.45) is 4.71. The van der Waals surface area contributed by atoms with Crippen LogP contribution in [0.4, 0.5) is 5.82 Å². The van der Waals surface area contributed by atoms with E-state index >= 15 is 0 Å². The molecule has 0 saturated carbocycles. The lowest BCUT2D eigenvalue weighted by Crippen LogP contribution is -2.31. The molecule has 124 valence electrons. The molecule has 8 heteroatoms. The lowest BCUT2D eigenvalue weighted by molar-refractivity contribution is 0.408. The number of allylic oxidation sites excluding steroid dienone is 1. The first-order valence-corrected chi connectivity index (χ1v) is 8.31. The summed E-state index contributed by atoms with van der Waals surface area (Å²) in [5, 5.41) is 12.4. The SMILES string of the molecule is O=c1[nH]c(=O)n(Cc2cccs2)c(O)c1/C=C1/C=Nc2ncccc21. The number of hydrogen-bond acceptors (Lipinski definition) is 6. The molecule has 3 aromatic heterocycles. The number of nitrogens with zero attached hydrogens (tertiary/aromatic N) is 3. The normalized spacial score (nSPS) is 14.2. The first kappa shape index (κ1) is 15.3. The molecule has 0 spiro atoms. The van der Waals surface area contributed by atoms with Crippen LogP contribution in [0, 0.1) is 0 Å². The number of rotatable bonds is 3. The molecule has 0 aliphatic carbocycles. The van der Waals surface area contributed by atoms with Crippen LogP contribution in [0.1, 0.15) is 16.0 Å². The molecule has 7 nitrogen and oxygen atoms in total. The van der Waals surface area contributed by atoms with Gasteiger partial charge in [-0.15, -0.1) is 11.3 Å². The van der Waals surface area contributed by atoms with Gasteiger partial charge in [0.2, 0.25) is 5.88 Å². The number of aromatic nitrogens is 3. The highest BCUT2D eigenvalue weighted by Gasteiger charge is 2.17. The van der Waals surface area contributed by atoms with E-state index in [0.29, 0.717) is 11.4 Å². The predicted molar refractivity (Wildman–Crippen MR) is 96.7 cm³/mol. The quantitative estimate of drug-likeness (QED) is 0.753. The van der Waals surface area contributed by atoms with E-state index in [9.17, 15) is 14.7 Å². The maximum atomic E-state index is 12.2. The number of thiophene rings is 1. The second-order valence-corrected chi connectivity index (χ2v) is 6.43. The largest absolute Gasteiger partial charge is 0.494 e. The number of aromatic amines is 1.